The third kappa shape index (κ3) is 5.11. The molecule has 0 bridgehead atoms. The van der Waals surface area contributed by atoms with Crippen LogP contribution in [0.1, 0.15) is 54.2 Å². The number of benzene rings is 3. The lowest BCUT2D eigenvalue weighted by Crippen LogP contribution is -2.40. The molecule has 2 heterocycles. The van der Waals surface area contributed by atoms with Gasteiger partial charge in [-0.25, -0.2) is 4.39 Å². The van der Waals surface area contributed by atoms with Crippen molar-refractivity contribution in [1.82, 2.24) is 4.98 Å². The summed E-state index contributed by atoms with van der Waals surface area (Å²) in [5.41, 5.74) is 2.38. The number of carbonyl (C=O) groups excluding carboxylic acids is 2. The molecule has 0 radical (unpaired) electrons. The number of pyridine rings is 1. The summed E-state index contributed by atoms with van der Waals surface area (Å²) in [4.78, 5) is 33.6. The number of phenols is 1. The minimum absolute atomic E-state index is 0.0926. The van der Waals surface area contributed by atoms with Gasteiger partial charge in [-0.05, 0) is 53.8 Å². The van der Waals surface area contributed by atoms with Gasteiger partial charge in [-0.15, -0.1) is 0 Å². The van der Waals surface area contributed by atoms with Crippen LogP contribution in [0.15, 0.2) is 103 Å². The van der Waals surface area contributed by atoms with E-state index < -0.39 is 17.8 Å². The largest absolute Gasteiger partial charge is 0.506 e. The second-order valence-corrected chi connectivity index (χ2v) is 11.4. The first kappa shape index (κ1) is 27.2. The summed E-state index contributed by atoms with van der Waals surface area (Å²) < 4.78 is 22.0. The van der Waals surface area contributed by atoms with E-state index in [1.807, 2.05) is 44.2 Å². The number of ether oxygens (including phenoxy) is 1. The molecule has 0 fully saturated rings. The number of allylic oxidation sites excluding steroid dienone is 1. The van der Waals surface area contributed by atoms with E-state index in [0.717, 1.165) is 5.56 Å². The number of halogens is 1. The first-order valence-corrected chi connectivity index (χ1v) is 13.8. The molecule has 212 valence electrons. The van der Waals surface area contributed by atoms with E-state index in [1.54, 1.807) is 42.6 Å². The zero-order valence-corrected chi connectivity index (χ0v) is 23.3. The Morgan fingerprint density at radius 1 is 1.07 bits per heavy atom. The van der Waals surface area contributed by atoms with Gasteiger partial charge in [-0.1, -0.05) is 50.2 Å². The van der Waals surface area contributed by atoms with Crippen LogP contribution in [0.3, 0.4) is 0 Å². The maximum atomic E-state index is 16.2. The molecule has 2 N–H and O–H groups in total. The molecule has 0 spiro atoms. The van der Waals surface area contributed by atoms with Crippen molar-refractivity contribution in [2.45, 2.75) is 39.3 Å². The smallest absolute Gasteiger partial charge is 0.260 e. The molecular formula is C34H30FN3O4. The van der Waals surface area contributed by atoms with Crippen LogP contribution in [0.5, 0.6) is 11.5 Å². The van der Waals surface area contributed by atoms with Crippen molar-refractivity contribution in [3.8, 4) is 11.5 Å². The normalized spacial score (nSPS) is 17.5. The predicted molar refractivity (Wildman–Crippen MR) is 158 cm³/mol. The van der Waals surface area contributed by atoms with Crippen LogP contribution in [0.4, 0.5) is 15.8 Å². The summed E-state index contributed by atoms with van der Waals surface area (Å²) in [5.74, 6) is -1.08. The number of fused-ring (bicyclic) bond motifs is 1. The van der Waals surface area contributed by atoms with Gasteiger partial charge in [0.15, 0.2) is 5.78 Å². The minimum atomic E-state index is -1.12. The fourth-order valence-electron chi connectivity index (χ4n) is 5.75. The summed E-state index contributed by atoms with van der Waals surface area (Å²) >= 11 is 0. The van der Waals surface area contributed by atoms with Gasteiger partial charge in [0, 0.05) is 41.7 Å². The maximum absolute atomic E-state index is 16.2. The zero-order valence-electron chi connectivity index (χ0n) is 23.3. The monoisotopic (exact) mass is 563 g/mol. The molecule has 4 aromatic rings. The molecule has 1 unspecified atom stereocenters. The number of aromatic hydroxyl groups is 1. The molecule has 42 heavy (non-hydrogen) atoms. The van der Waals surface area contributed by atoms with Crippen LogP contribution in [-0.2, 0) is 11.4 Å². The molecular weight excluding hydrogens is 533 g/mol. The van der Waals surface area contributed by atoms with E-state index in [9.17, 15) is 14.7 Å². The van der Waals surface area contributed by atoms with Gasteiger partial charge >= 0.3 is 0 Å². The number of amides is 1. The lowest BCUT2D eigenvalue weighted by atomic mass is 9.73. The maximum Gasteiger partial charge on any atom is 0.260 e. The van der Waals surface area contributed by atoms with Gasteiger partial charge in [-0.3, -0.25) is 19.5 Å². The average molecular weight is 564 g/mol. The lowest BCUT2D eigenvalue weighted by molar-refractivity contribution is -0.118. The first-order chi connectivity index (χ1) is 20.2. The summed E-state index contributed by atoms with van der Waals surface area (Å²) in [6.45, 7) is 4.23. The Hall–Kier alpha value is -4.98. The Morgan fingerprint density at radius 3 is 2.62 bits per heavy atom. The van der Waals surface area contributed by atoms with Crippen LogP contribution in [-0.4, -0.2) is 21.8 Å². The first-order valence-electron chi connectivity index (χ1n) is 13.8. The second-order valence-electron chi connectivity index (χ2n) is 11.4. The molecule has 1 atom stereocenters. The standard InChI is InChI=1S/C34H30FN3O4/c1-34(2)17-26-30(29(40)18-34)32(24-14-13-23(16-25(24)35)42-20-21-8-4-3-5-9-21)38(33(41)22-10-7-15-36-19-22)27-11-6-12-28(39)31(27)37-26/h3-16,19,32,37,39H,17-18,20H2,1-2H3. The number of phenolic OH excluding ortho intramolecular Hbond substituents is 1. The summed E-state index contributed by atoms with van der Waals surface area (Å²) in [6, 6.07) is 21.0. The third-order valence-corrected chi connectivity index (χ3v) is 7.65. The molecule has 3 aromatic carbocycles. The van der Waals surface area contributed by atoms with E-state index in [1.165, 1.54) is 23.2 Å². The predicted octanol–water partition coefficient (Wildman–Crippen LogP) is 6.96. The van der Waals surface area contributed by atoms with Crippen molar-refractivity contribution < 1.29 is 23.8 Å². The molecule has 1 aliphatic carbocycles. The lowest BCUT2D eigenvalue weighted by Gasteiger charge is -2.37. The summed E-state index contributed by atoms with van der Waals surface area (Å²) in [7, 11) is 0. The topological polar surface area (TPSA) is 91.8 Å². The zero-order chi connectivity index (χ0) is 29.4. The molecule has 6 rings (SSSR count). The van der Waals surface area contributed by atoms with E-state index in [-0.39, 0.29) is 46.8 Å². The van der Waals surface area contributed by atoms with Crippen LogP contribution in [0.2, 0.25) is 0 Å². The van der Waals surface area contributed by atoms with Crippen LogP contribution in [0.25, 0.3) is 0 Å². The Bertz CT molecular complexity index is 1700. The minimum Gasteiger partial charge on any atom is -0.506 e. The number of para-hydroxylation sites is 1. The van der Waals surface area contributed by atoms with Gasteiger partial charge in [0.25, 0.3) is 5.91 Å². The highest BCUT2D eigenvalue weighted by Crippen LogP contribution is 2.51. The number of hydrogen-bond donors (Lipinski definition) is 2. The molecule has 2 aliphatic rings. The van der Waals surface area contributed by atoms with E-state index >= 15 is 4.39 Å². The number of nitrogens with zero attached hydrogens (tertiary/aromatic N) is 2. The van der Waals surface area contributed by atoms with Crippen molar-refractivity contribution in [3.05, 3.63) is 125 Å². The average Bonchev–Trinajstić information content (AvgIpc) is 3.11. The van der Waals surface area contributed by atoms with Crippen LogP contribution in [0, 0.1) is 11.2 Å². The fourth-order valence-corrected chi connectivity index (χ4v) is 5.75. The SMILES string of the molecule is CC1(C)CC(=O)C2=C(C1)Nc1c(O)cccc1N(C(=O)c1cccnc1)C2c1ccc(OCc2ccccc2)cc1F. The van der Waals surface area contributed by atoms with E-state index in [4.69, 9.17) is 4.74 Å². The number of aromatic nitrogens is 1. The number of hydrogen-bond acceptors (Lipinski definition) is 6. The van der Waals surface area contributed by atoms with Crippen molar-refractivity contribution in [2.24, 2.45) is 5.41 Å². The molecule has 1 aromatic heterocycles. The van der Waals surface area contributed by atoms with Crippen molar-refractivity contribution in [3.63, 3.8) is 0 Å². The summed E-state index contributed by atoms with van der Waals surface area (Å²) in [6.07, 6.45) is 3.67. The highest BCUT2D eigenvalue weighted by atomic mass is 19.1. The van der Waals surface area contributed by atoms with Crippen molar-refractivity contribution >= 4 is 23.1 Å². The van der Waals surface area contributed by atoms with Crippen LogP contribution >= 0.6 is 0 Å². The van der Waals surface area contributed by atoms with E-state index in [0.29, 0.717) is 29.1 Å². The molecule has 1 amide bonds. The van der Waals surface area contributed by atoms with Gasteiger partial charge < -0.3 is 15.2 Å². The number of anilines is 2. The highest BCUT2D eigenvalue weighted by Gasteiger charge is 2.44. The molecule has 0 saturated heterocycles. The van der Waals surface area contributed by atoms with E-state index in [2.05, 4.69) is 10.3 Å². The number of ketones is 1. The Morgan fingerprint density at radius 2 is 1.88 bits per heavy atom. The van der Waals surface area contributed by atoms with Crippen molar-refractivity contribution in [2.75, 3.05) is 10.2 Å². The Kier molecular flexibility index (Phi) is 6.98. The van der Waals surface area contributed by atoms with Crippen molar-refractivity contribution in [1.29, 1.82) is 0 Å². The van der Waals surface area contributed by atoms with Gasteiger partial charge in [0.2, 0.25) is 0 Å². The summed E-state index contributed by atoms with van der Waals surface area (Å²) in [5, 5.41) is 14.2. The van der Waals surface area contributed by atoms with Gasteiger partial charge in [-0.2, -0.15) is 0 Å². The molecule has 1 aliphatic heterocycles. The third-order valence-electron chi connectivity index (χ3n) is 7.65. The number of Topliss-reactive ketones (excluding diaryl/α,β-unsaturated/α-hetero) is 1. The quantitative estimate of drug-likeness (QED) is 0.255. The Balaban J connectivity index is 1.52. The molecule has 7 nitrogen and oxygen atoms in total. The highest BCUT2D eigenvalue weighted by molar-refractivity contribution is 6.12. The van der Waals surface area contributed by atoms with Gasteiger partial charge in [0.05, 0.1) is 17.3 Å². The molecule has 0 saturated carbocycles. The second kappa shape index (κ2) is 10.8. The number of rotatable bonds is 5. The number of nitrogens with one attached hydrogen (secondary N) is 1. The fraction of sp³-hybridized carbons (Fsp3) is 0.206. The number of carbonyl (C=O) groups is 2. The van der Waals surface area contributed by atoms with Gasteiger partial charge in [0.1, 0.15) is 29.6 Å². The molecule has 8 heteroatoms. The van der Waals surface area contributed by atoms with Crippen LogP contribution < -0.4 is 15.0 Å². The Labute approximate surface area is 243 Å².